The van der Waals surface area contributed by atoms with Gasteiger partial charge in [0.1, 0.15) is 5.82 Å². The number of rotatable bonds is 5. The summed E-state index contributed by atoms with van der Waals surface area (Å²) in [6.45, 7) is 4.70. The van der Waals surface area contributed by atoms with Crippen molar-refractivity contribution in [3.05, 3.63) is 5.82 Å². The lowest BCUT2D eigenvalue weighted by Crippen LogP contribution is -2.50. The largest absolute Gasteiger partial charge is 0.368 e. The van der Waals surface area contributed by atoms with Crippen LogP contribution < -0.4 is 11.5 Å². The average Bonchev–Trinajstić information content (AvgIpc) is 2.59. The first-order valence-electron chi connectivity index (χ1n) is 7.07. The Labute approximate surface area is 123 Å². The monoisotopic (exact) mass is 297 g/mol. The van der Waals surface area contributed by atoms with E-state index in [-0.39, 0.29) is 5.25 Å². The van der Waals surface area contributed by atoms with Gasteiger partial charge in [-0.2, -0.15) is 0 Å². The molecule has 2 atom stereocenters. The second-order valence-corrected chi connectivity index (χ2v) is 7.18. The van der Waals surface area contributed by atoms with Crippen LogP contribution in [-0.4, -0.2) is 31.5 Å². The van der Waals surface area contributed by atoms with Crippen molar-refractivity contribution in [2.45, 2.75) is 68.4 Å². The predicted octanol–water partition coefficient (Wildman–Crippen LogP) is 1.08. The molecule has 0 aliphatic carbocycles. The molecule has 0 aromatic carbocycles. The first-order valence-corrected chi connectivity index (χ1v) is 7.95. The number of carbonyl (C=O) groups excluding carboxylic acids is 1. The van der Waals surface area contributed by atoms with Gasteiger partial charge in [0.25, 0.3) is 0 Å². The molecule has 0 bridgehead atoms. The number of hydrogen-bond donors (Lipinski definition) is 2. The second-order valence-electron chi connectivity index (χ2n) is 5.78. The SMILES string of the molecule is CC(CC(C)(N)C(N)=O)Sc1nnc2n1CCCCC2. The Bertz CT molecular complexity index is 485. The number of primary amides is 1. The third-order valence-corrected chi connectivity index (χ3v) is 4.74. The summed E-state index contributed by atoms with van der Waals surface area (Å²) in [6, 6.07) is 0. The van der Waals surface area contributed by atoms with Crippen LogP contribution in [-0.2, 0) is 17.8 Å². The number of aryl methyl sites for hydroxylation is 1. The zero-order chi connectivity index (χ0) is 14.8. The Hall–Kier alpha value is -1.08. The quantitative estimate of drug-likeness (QED) is 0.792. The number of nitrogens with two attached hydrogens (primary N) is 2. The van der Waals surface area contributed by atoms with Gasteiger partial charge < -0.3 is 16.0 Å². The molecular formula is C13H23N5OS. The fraction of sp³-hybridized carbons (Fsp3) is 0.769. The third-order valence-electron chi connectivity index (χ3n) is 3.66. The van der Waals surface area contributed by atoms with E-state index in [9.17, 15) is 4.79 Å². The van der Waals surface area contributed by atoms with E-state index in [0.29, 0.717) is 6.42 Å². The molecule has 6 nitrogen and oxygen atoms in total. The van der Waals surface area contributed by atoms with E-state index in [4.69, 9.17) is 11.5 Å². The highest BCUT2D eigenvalue weighted by Gasteiger charge is 2.29. The topological polar surface area (TPSA) is 99.8 Å². The standard InChI is InChI=1S/C13H23N5OS/c1-9(8-13(2,15)11(14)19)20-12-17-16-10-6-4-3-5-7-18(10)12/h9H,3-8,15H2,1-2H3,(H2,14,19). The van der Waals surface area contributed by atoms with Gasteiger partial charge in [0.15, 0.2) is 5.16 Å². The lowest BCUT2D eigenvalue weighted by Gasteiger charge is -2.23. The molecule has 0 saturated carbocycles. The van der Waals surface area contributed by atoms with Gasteiger partial charge in [0.05, 0.1) is 5.54 Å². The van der Waals surface area contributed by atoms with Crippen LogP contribution in [0, 0.1) is 0 Å². The molecule has 7 heteroatoms. The van der Waals surface area contributed by atoms with Gasteiger partial charge in [0, 0.05) is 18.2 Å². The summed E-state index contributed by atoms with van der Waals surface area (Å²) < 4.78 is 2.20. The van der Waals surface area contributed by atoms with Gasteiger partial charge >= 0.3 is 0 Å². The molecular weight excluding hydrogens is 274 g/mol. The van der Waals surface area contributed by atoms with Gasteiger partial charge in [0.2, 0.25) is 5.91 Å². The zero-order valence-electron chi connectivity index (χ0n) is 12.1. The highest BCUT2D eigenvalue weighted by atomic mass is 32.2. The molecule has 4 N–H and O–H groups in total. The van der Waals surface area contributed by atoms with Crippen molar-refractivity contribution < 1.29 is 4.79 Å². The molecule has 2 unspecified atom stereocenters. The van der Waals surface area contributed by atoms with E-state index in [1.54, 1.807) is 18.7 Å². The van der Waals surface area contributed by atoms with Crippen molar-refractivity contribution in [3.63, 3.8) is 0 Å². The fourth-order valence-electron chi connectivity index (χ4n) is 2.46. The Morgan fingerprint density at radius 1 is 1.45 bits per heavy atom. The number of carbonyl (C=O) groups is 1. The number of fused-ring (bicyclic) bond motifs is 1. The van der Waals surface area contributed by atoms with Gasteiger partial charge in [-0.25, -0.2) is 0 Å². The second kappa shape index (κ2) is 6.13. The summed E-state index contributed by atoms with van der Waals surface area (Å²) in [7, 11) is 0. The van der Waals surface area contributed by atoms with Crippen LogP contribution in [0.1, 0.15) is 45.4 Å². The van der Waals surface area contributed by atoms with Gasteiger partial charge in [-0.15, -0.1) is 10.2 Å². The minimum atomic E-state index is -0.978. The van der Waals surface area contributed by atoms with Crippen molar-refractivity contribution in [1.29, 1.82) is 0 Å². The molecule has 2 heterocycles. The summed E-state index contributed by atoms with van der Waals surface area (Å²) >= 11 is 1.62. The number of nitrogens with zero attached hydrogens (tertiary/aromatic N) is 3. The maximum Gasteiger partial charge on any atom is 0.237 e. The van der Waals surface area contributed by atoms with Gasteiger partial charge in [-0.05, 0) is 26.2 Å². The Kier molecular flexibility index (Phi) is 4.70. The highest BCUT2D eigenvalue weighted by molar-refractivity contribution is 7.99. The summed E-state index contributed by atoms with van der Waals surface area (Å²) in [5.41, 5.74) is 10.3. The number of hydrogen-bond acceptors (Lipinski definition) is 5. The minimum absolute atomic E-state index is 0.161. The minimum Gasteiger partial charge on any atom is -0.368 e. The van der Waals surface area contributed by atoms with Gasteiger partial charge in [-0.3, -0.25) is 4.79 Å². The molecule has 1 aromatic heterocycles. The summed E-state index contributed by atoms with van der Waals surface area (Å²) in [5.74, 6) is 0.604. The Balaban J connectivity index is 2.03. The van der Waals surface area contributed by atoms with Gasteiger partial charge in [-0.1, -0.05) is 25.1 Å². The molecule has 112 valence electrons. The normalized spacial score (nSPS) is 19.8. The first kappa shape index (κ1) is 15.3. The highest BCUT2D eigenvalue weighted by Crippen LogP contribution is 2.28. The lowest BCUT2D eigenvalue weighted by atomic mass is 9.97. The van der Waals surface area contributed by atoms with E-state index < -0.39 is 11.4 Å². The summed E-state index contributed by atoms with van der Waals surface area (Å²) in [5, 5.41) is 9.63. The Morgan fingerprint density at radius 3 is 2.90 bits per heavy atom. The maximum atomic E-state index is 11.3. The molecule has 0 saturated heterocycles. The molecule has 2 rings (SSSR count). The van der Waals surface area contributed by atoms with Crippen LogP contribution in [0.2, 0.25) is 0 Å². The van der Waals surface area contributed by atoms with E-state index in [2.05, 4.69) is 14.8 Å². The van der Waals surface area contributed by atoms with Crippen LogP contribution in [0.15, 0.2) is 5.16 Å². The van der Waals surface area contributed by atoms with Crippen molar-refractivity contribution in [2.75, 3.05) is 0 Å². The molecule has 1 aliphatic heterocycles. The van der Waals surface area contributed by atoms with Crippen LogP contribution in [0.4, 0.5) is 0 Å². The van der Waals surface area contributed by atoms with Crippen molar-refractivity contribution in [3.8, 4) is 0 Å². The van der Waals surface area contributed by atoms with Crippen LogP contribution in [0.5, 0.6) is 0 Å². The number of thioether (sulfide) groups is 1. The van der Waals surface area contributed by atoms with Crippen LogP contribution in [0.25, 0.3) is 0 Å². The van der Waals surface area contributed by atoms with E-state index in [1.807, 2.05) is 6.92 Å². The molecule has 20 heavy (non-hydrogen) atoms. The Morgan fingerprint density at radius 2 is 2.20 bits per heavy atom. The molecule has 0 spiro atoms. The van der Waals surface area contributed by atoms with E-state index in [0.717, 1.165) is 23.9 Å². The summed E-state index contributed by atoms with van der Waals surface area (Å²) in [4.78, 5) is 11.3. The van der Waals surface area contributed by atoms with Crippen molar-refractivity contribution >= 4 is 17.7 Å². The first-order chi connectivity index (χ1) is 9.40. The van der Waals surface area contributed by atoms with E-state index >= 15 is 0 Å². The van der Waals surface area contributed by atoms with Crippen LogP contribution >= 0.6 is 11.8 Å². The number of amides is 1. The zero-order valence-corrected chi connectivity index (χ0v) is 12.9. The molecule has 0 radical (unpaired) electrons. The third kappa shape index (κ3) is 3.52. The number of aromatic nitrogens is 3. The molecule has 1 amide bonds. The van der Waals surface area contributed by atoms with Crippen molar-refractivity contribution in [2.24, 2.45) is 11.5 Å². The summed E-state index contributed by atoms with van der Waals surface area (Å²) in [6.07, 6.45) is 5.11. The molecule has 1 aliphatic rings. The molecule has 0 fully saturated rings. The lowest BCUT2D eigenvalue weighted by molar-refractivity contribution is -0.122. The van der Waals surface area contributed by atoms with E-state index in [1.165, 1.54) is 19.3 Å². The fourth-order valence-corrected chi connectivity index (χ4v) is 3.67. The predicted molar refractivity (Wildman–Crippen MR) is 79.3 cm³/mol. The maximum absolute atomic E-state index is 11.3. The van der Waals surface area contributed by atoms with Crippen LogP contribution in [0.3, 0.4) is 0 Å². The molecule has 1 aromatic rings. The van der Waals surface area contributed by atoms with Crippen molar-refractivity contribution in [1.82, 2.24) is 14.8 Å². The average molecular weight is 297 g/mol. The smallest absolute Gasteiger partial charge is 0.237 e.